The number of hydrogen-bond donors (Lipinski definition) is 0. The molecule has 0 N–H and O–H groups in total. The molecule has 0 aliphatic heterocycles. The summed E-state index contributed by atoms with van der Waals surface area (Å²) in [5.41, 5.74) is -0.522. The average molecular weight is 330 g/mol. The van der Waals surface area contributed by atoms with Gasteiger partial charge in [-0.25, -0.2) is 0 Å². The molecule has 1 aromatic carbocycles. The van der Waals surface area contributed by atoms with Gasteiger partial charge >= 0.3 is 0 Å². The van der Waals surface area contributed by atoms with Crippen molar-refractivity contribution in [2.45, 2.75) is 19.1 Å². The van der Waals surface area contributed by atoms with Crippen LogP contribution >= 0.6 is 34.5 Å². The van der Waals surface area contributed by atoms with Crippen LogP contribution < -0.4 is 4.74 Å². The van der Waals surface area contributed by atoms with Gasteiger partial charge in [0.05, 0.1) is 9.90 Å². The highest BCUT2D eigenvalue weighted by atomic mass is 35.5. The predicted octanol–water partition coefficient (Wildman–Crippen LogP) is 5.26. The Morgan fingerprint density at radius 2 is 2.00 bits per heavy atom. The van der Waals surface area contributed by atoms with Gasteiger partial charge in [-0.2, -0.15) is 0 Å². The summed E-state index contributed by atoms with van der Waals surface area (Å²) in [4.78, 5) is 3.22. The van der Waals surface area contributed by atoms with E-state index in [0.29, 0.717) is 15.8 Å². The third-order valence-corrected chi connectivity index (χ3v) is 4.81. The zero-order valence-electron chi connectivity index (χ0n) is 11.7. The van der Waals surface area contributed by atoms with Gasteiger partial charge in [0.15, 0.2) is 5.72 Å². The molecule has 0 aliphatic carbocycles. The average Bonchev–Trinajstić information content (AvgIpc) is 2.92. The molecule has 0 spiro atoms. The van der Waals surface area contributed by atoms with Crippen LogP contribution in [0.1, 0.15) is 18.2 Å². The second-order valence-corrected chi connectivity index (χ2v) is 6.48. The molecule has 20 heavy (non-hydrogen) atoms. The highest BCUT2D eigenvalue weighted by Crippen LogP contribution is 2.39. The molecule has 0 saturated heterocycles. The molecule has 2 nitrogen and oxygen atoms in total. The maximum absolute atomic E-state index is 6.29. The molecule has 0 radical (unpaired) electrons. The molecule has 1 heterocycles. The Hall–Kier alpha value is -0.740. The first-order valence-electron chi connectivity index (χ1n) is 6.35. The molecular weight excluding hydrogens is 313 g/mol. The largest absolute Gasteiger partial charge is 0.466 e. The van der Waals surface area contributed by atoms with Gasteiger partial charge in [-0.05, 0) is 43.7 Å². The number of ether oxygens (including phenoxy) is 1. The molecule has 0 aliphatic rings. The summed E-state index contributed by atoms with van der Waals surface area (Å²) < 4.78 is 6.29. The van der Waals surface area contributed by atoms with Crippen LogP contribution in [0.25, 0.3) is 0 Å². The Labute approximate surface area is 133 Å². The van der Waals surface area contributed by atoms with Gasteiger partial charge in [0.25, 0.3) is 0 Å². The van der Waals surface area contributed by atoms with E-state index in [4.69, 9.17) is 27.9 Å². The summed E-state index contributed by atoms with van der Waals surface area (Å²) in [5, 5.41) is 3.18. The number of rotatable bonds is 5. The third kappa shape index (κ3) is 2.96. The summed E-state index contributed by atoms with van der Waals surface area (Å²) >= 11 is 13.8. The van der Waals surface area contributed by atoms with E-state index in [0.717, 1.165) is 11.3 Å². The standard InChI is InChI=1S/C15H17Cl2NOS/c1-4-15(18(2)3,14-6-5-9-20-14)19-13-8-7-11(16)10-12(13)17/h5-10H,4H2,1-3H3. The molecule has 2 aromatic rings. The van der Waals surface area contributed by atoms with Gasteiger partial charge in [0.1, 0.15) is 5.75 Å². The second-order valence-electron chi connectivity index (χ2n) is 4.69. The number of thiophene rings is 1. The summed E-state index contributed by atoms with van der Waals surface area (Å²) in [6, 6.07) is 9.40. The van der Waals surface area contributed by atoms with Gasteiger partial charge < -0.3 is 4.74 Å². The molecule has 108 valence electrons. The van der Waals surface area contributed by atoms with Crippen molar-refractivity contribution in [3.05, 3.63) is 50.6 Å². The van der Waals surface area contributed by atoms with Gasteiger partial charge in [0.2, 0.25) is 0 Å². The van der Waals surface area contributed by atoms with Crippen LogP contribution in [0.3, 0.4) is 0 Å². The maximum atomic E-state index is 6.29. The van der Waals surface area contributed by atoms with Crippen molar-refractivity contribution in [3.8, 4) is 5.75 Å². The lowest BCUT2D eigenvalue weighted by Gasteiger charge is -2.38. The summed E-state index contributed by atoms with van der Waals surface area (Å²) in [7, 11) is 4.01. The first-order chi connectivity index (χ1) is 9.49. The zero-order valence-corrected chi connectivity index (χ0v) is 14.0. The van der Waals surface area contributed by atoms with Crippen molar-refractivity contribution in [1.29, 1.82) is 0 Å². The Bertz CT molecular complexity index is 571. The van der Waals surface area contributed by atoms with E-state index in [1.165, 1.54) is 0 Å². The lowest BCUT2D eigenvalue weighted by molar-refractivity contribution is -0.0642. The van der Waals surface area contributed by atoms with E-state index in [9.17, 15) is 0 Å². The molecule has 1 atom stereocenters. The van der Waals surface area contributed by atoms with Crippen molar-refractivity contribution in [1.82, 2.24) is 4.90 Å². The van der Waals surface area contributed by atoms with Crippen LogP contribution in [0.4, 0.5) is 0 Å². The van der Waals surface area contributed by atoms with Crippen LogP contribution in [0.5, 0.6) is 5.75 Å². The zero-order chi connectivity index (χ0) is 14.8. The fourth-order valence-electron chi connectivity index (χ4n) is 2.17. The summed E-state index contributed by atoms with van der Waals surface area (Å²) in [6.07, 6.45) is 0.805. The van der Waals surface area contributed by atoms with Crippen molar-refractivity contribution >= 4 is 34.5 Å². The molecule has 0 bridgehead atoms. The quantitative estimate of drug-likeness (QED) is 0.694. The smallest absolute Gasteiger partial charge is 0.198 e. The topological polar surface area (TPSA) is 12.5 Å². The van der Waals surface area contributed by atoms with Crippen LogP contribution in [0.15, 0.2) is 35.7 Å². The molecule has 0 amide bonds. The molecule has 0 fully saturated rings. The van der Waals surface area contributed by atoms with Crippen molar-refractivity contribution in [3.63, 3.8) is 0 Å². The lowest BCUT2D eigenvalue weighted by Crippen LogP contribution is -2.45. The monoisotopic (exact) mass is 329 g/mol. The maximum Gasteiger partial charge on any atom is 0.198 e. The van der Waals surface area contributed by atoms with Crippen LogP contribution in [0, 0.1) is 0 Å². The van der Waals surface area contributed by atoms with Crippen LogP contribution in [-0.2, 0) is 5.72 Å². The van der Waals surface area contributed by atoms with E-state index >= 15 is 0 Å². The number of nitrogens with zero attached hydrogens (tertiary/aromatic N) is 1. The molecule has 1 aromatic heterocycles. The minimum Gasteiger partial charge on any atom is -0.466 e. The third-order valence-electron chi connectivity index (χ3n) is 3.28. The van der Waals surface area contributed by atoms with Gasteiger partial charge in [-0.15, -0.1) is 11.3 Å². The van der Waals surface area contributed by atoms with E-state index in [1.807, 2.05) is 26.2 Å². The molecule has 1 unspecified atom stereocenters. The van der Waals surface area contributed by atoms with E-state index in [2.05, 4.69) is 23.3 Å². The normalized spacial score (nSPS) is 14.3. The first-order valence-corrected chi connectivity index (χ1v) is 7.98. The number of benzene rings is 1. The molecule has 5 heteroatoms. The van der Waals surface area contributed by atoms with Crippen molar-refractivity contribution < 1.29 is 4.74 Å². The minimum atomic E-state index is -0.522. The summed E-state index contributed by atoms with van der Waals surface area (Å²) in [6.45, 7) is 2.10. The van der Waals surface area contributed by atoms with E-state index < -0.39 is 5.72 Å². The molecule has 2 rings (SSSR count). The molecule has 0 saturated carbocycles. The van der Waals surface area contributed by atoms with Gasteiger partial charge in [-0.1, -0.05) is 36.2 Å². The Morgan fingerprint density at radius 3 is 2.50 bits per heavy atom. The fourth-order valence-corrected chi connectivity index (χ4v) is 3.63. The first kappa shape index (κ1) is 15.6. The second kappa shape index (κ2) is 6.35. The van der Waals surface area contributed by atoms with Gasteiger partial charge in [-0.3, -0.25) is 4.90 Å². The predicted molar refractivity (Wildman–Crippen MR) is 87.1 cm³/mol. The van der Waals surface area contributed by atoms with Crippen LogP contribution in [0.2, 0.25) is 10.0 Å². The van der Waals surface area contributed by atoms with E-state index in [-0.39, 0.29) is 0 Å². The SMILES string of the molecule is CCC(Oc1ccc(Cl)cc1Cl)(c1cccs1)N(C)C. The highest BCUT2D eigenvalue weighted by Gasteiger charge is 2.37. The lowest BCUT2D eigenvalue weighted by atomic mass is 10.1. The van der Waals surface area contributed by atoms with Crippen LogP contribution in [-0.4, -0.2) is 19.0 Å². The Balaban J connectivity index is 2.43. The van der Waals surface area contributed by atoms with E-state index in [1.54, 1.807) is 23.5 Å². The minimum absolute atomic E-state index is 0.522. The highest BCUT2D eigenvalue weighted by molar-refractivity contribution is 7.10. The Kier molecular flexibility index (Phi) is 4.97. The summed E-state index contributed by atoms with van der Waals surface area (Å²) in [5.74, 6) is 0.639. The van der Waals surface area contributed by atoms with Gasteiger partial charge in [0, 0.05) is 11.4 Å². The van der Waals surface area contributed by atoms with Crippen molar-refractivity contribution in [2.24, 2.45) is 0 Å². The fraction of sp³-hybridized carbons (Fsp3) is 0.333. The Morgan fingerprint density at radius 1 is 1.25 bits per heavy atom. The number of halogens is 2. The molecular formula is C15H17Cl2NOS. The van der Waals surface area contributed by atoms with Crippen molar-refractivity contribution in [2.75, 3.05) is 14.1 Å². The number of hydrogen-bond acceptors (Lipinski definition) is 3.